The first kappa shape index (κ1) is 9.71. The maximum Gasteiger partial charge on any atom is 0.172 e. The van der Waals surface area contributed by atoms with E-state index in [0.29, 0.717) is 6.61 Å². The molecular weight excluding hydrogens is 186 g/mol. The van der Waals surface area contributed by atoms with E-state index in [1.807, 2.05) is 54.3 Å². The average molecular weight is 200 g/mol. The number of aromatic nitrogens is 1. The first-order valence-corrected chi connectivity index (χ1v) is 4.96. The van der Waals surface area contributed by atoms with Gasteiger partial charge in [-0.05, 0) is 5.56 Å². The van der Waals surface area contributed by atoms with Crippen molar-refractivity contribution < 1.29 is 9.30 Å². The molecule has 0 aliphatic heterocycles. The molecule has 0 aliphatic carbocycles. The van der Waals surface area contributed by atoms with Crippen LogP contribution in [0, 0.1) is 0 Å². The van der Waals surface area contributed by atoms with E-state index in [0.717, 1.165) is 5.75 Å². The third kappa shape index (κ3) is 2.81. The van der Waals surface area contributed by atoms with Gasteiger partial charge in [0.25, 0.3) is 0 Å². The fourth-order valence-electron chi connectivity index (χ4n) is 1.32. The molecule has 0 bridgehead atoms. The van der Waals surface area contributed by atoms with Crippen molar-refractivity contribution in [1.29, 1.82) is 0 Å². The maximum absolute atomic E-state index is 5.63. The summed E-state index contributed by atoms with van der Waals surface area (Å²) in [6, 6.07) is 14.1. The Bertz CT molecular complexity index is 408. The quantitative estimate of drug-likeness (QED) is 0.691. The normalized spacial score (nSPS) is 9.93. The molecule has 0 atom stereocenters. The Hall–Kier alpha value is -1.83. The highest BCUT2D eigenvalue weighted by atomic mass is 16.5. The molecule has 76 valence electrons. The van der Waals surface area contributed by atoms with Gasteiger partial charge in [0.15, 0.2) is 12.4 Å². The van der Waals surface area contributed by atoms with Crippen LogP contribution in [0.3, 0.4) is 0 Å². The topological polar surface area (TPSA) is 13.1 Å². The lowest BCUT2D eigenvalue weighted by Gasteiger charge is -2.04. The van der Waals surface area contributed by atoms with Gasteiger partial charge in [-0.3, -0.25) is 0 Å². The summed E-state index contributed by atoms with van der Waals surface area (Å²) in [4.78, 5) is 0. The van der Waals surface area contributed by atoms with Crippen molar-refractivity contribution >= 4 is 0 Å². The van der Waals surface area contributed by atoms with Gasteiger partial charge in [-0.1, -0.05) is 30.3 Å². The van der Waals surface area contributed by atoms with Gasteiger partial charge < -0.3 is 4.74 Å². The first-order chi connectivity index (χ1) is 7.34. The molecule has 2 rings (SSSR count). The highest BCUT2D eigenvalue weighted by Gasteiger charge is 1.97. The van der Waals surface area contributed by atoms with Crippen molar-refractivity contribution in [2.45, 2.75) is 6.61 Å². The van der Waals surface area contributed by atoms with Gasteiger partial charge in [-0.25, -0.2) is 4.57 Å². The van der Waals surface area contributed by atoms with Crippen LogP contribution in [-0.4, -0.2) is 0 Å². The Morgan fingerprint density at radius 3 is 2.33 bits per heavy atom. The number of pyridine rings is 1. The number of ether oxygens (including phenoxy) is 1. The van der Waals surface area contributed by atoms with Crippen molar-refractivity contribution in [1.82, 2.24) is 0 Å². The van der Waals surface area contributed by atoms with E-state index >= 15 is 0 Å². The Balaban J connectivity index is 1.96. The van der Waals surface area contributed by atoms with Crippen molar-refractivity contribution in [3.8, 4) is 5.75 Å². The van der Waals surface area contributed by atoms with E-state index < -0.39 is 0 Å². The van der Waals surface area contributed by atoms with E-state index in [1.54, 1.807) is 0 Å². The molecule has 0 amide bonds. The third-order valence-electron chi connectivity index (χ3n) is 2.20. The predicted octanol–water partition coefficient (Wildman–Crippen LogP) is 2.09. The van der Waals surface area contributed by atoms with Crippen LogP contribution in [0.25, 0.3) is 0 Å². The lowest BCUT2D eigenvalue weighted by Crippen LogP contribution is -2.25. The number of nitrogens with zero attached hydrogens (tertiary/aromatic N) is 1. The molecule has 0 saturated carbocycles. The fraction of sp³-hybridized carbons (Fsp3) is 0.154. The summed E-state index contributed by atoms with van der Waals surface area (Å²) in [5, 5.41) is 0. The standard InChI is InChI=1S/C13H14NO/c1-14-9-7-13(8-10-14)15-11-12-5-3-2-4-6-12/h2-10H,11H2,1H3/q+1. The highest BCUT2D eigenvalue weighted by molar-refractivity contribution is 5.18. The van der Waals surface area contributed by atoms with Gasteiger partial charge in [0.05, 0.1) is 0 Å². The molecule has 2 heteroatoms. The molecule has 0 aliphatic rings. The summed E-state index contributed by atoms with van der Waals surface area (Å²) in [6.07, 6.45) is 3.95. The number of aryl methyl sites for hydroxylation is 1. The Morgan fingerprint density at radius 1 is 1.00 bits per heavy atom. The minimum Gasteiger partial charge on any atom is -0.488 e. The second kappa shape index (κ2) is 4.60. The lowest BCUT2D eigenvalue weighted by atomic mass is 10.2. The zero-order valence-electron chi connectivity index (χ0n) is 8.76. The number of rotatable bonds is 3. The molecule has 1 aromatic carbocycles. The summed E-state index contributed by atoms with van der Waals surface area (Å²) < 4.78 is 7.62. The predicted molar refractivity (Wildman–Crippen MR) is 58.4 cm³/mol. The van der Waals surface area contributed by atoms with E-state index in [2.05, 4.69) is 12.1 Å². The monoisotopic (exact) mass is 200 g/mol. The van der Waals surface area contributed by atoms with Crippen LogP contribution < -0.4 is 9.30 Å². The van der Waals surface area contributed by atoms with E-state index in [9.17, 15) is 0 Å². The van der Waals surface area contributed by atoms with Crippen LogP contribution in [0.5, 0.6) is 5.75 Å². The maximum atomic E-state index is 5.63. The third-order valence-corrected chi connectivity index (χ3v) is 2.20. The Labute approximate surface area is 89.8 Å². The van der Waals surface area contributed by atoms with E-state index in [1.165, 1.54) is 5.56 Å². The van der Waals surface area contributed by atoms with Gasteiger partial charge in [-0.15, -0.1) is 0 Å². The molecule has 1 heterocycles. The summed E-state index contributed by atoms with van der Waals surface area (Å²) in [5.41, 5.74) is 1.19. The molecule has 15 heavy (non-hydrogen) atoms. The smallest absolute Gasteiger partial charge is 0.172 e. The van der Waals surface area contributed by atoms with Gasteiger partial charge in [0.2, 0.25) is 0 Å². The molecule has 2 aromatic rings. The second-order valence-electron chi connectivity index (χ2n) is 3.47. The van der Waals surface area contributed by atoms with Gasteiger partial charge in [0.1, 0.15) is 19.4 Å². The molecule has 1 aromatic heterocycles. The first-order valence-electron chi connectivity index (χ1n) is 4.96. The van der Waals surface area contributed by atoms with E-state index in [-0.39, 0.29) is 0 Å². The number of benzene rings is 1. The molecule has 0 saturated heterocycles. The zero-order valence-corrected chi connectivity index (χ0v) is 8.76. The van der Waals surface area contributed by atoms with Crippen molar-refractivity contribution in [3.63, 3.8) is 0 Å². The Morgan fingerprint density at radius 2 is 1.67 bits per heavy atom. The molecule has 0 radical (unpaired) electrons. The number of hydrogen-bond donors (Lipinski definition) is 0. The minimum absolute atomic E-state index is 0.620. The molecule has 0 N–H and O–H groups in total. The van der Waals surface area contributed by atoms with Crippen LogP contribution >= 0.6 is 0 Å². The van der Waals surface area contributed by atoms with Crippen molar-refractivity contribution in [2.24, 2.45) is 7.05 Å². The second-order valence-corrected chi connectivity index (χ2v) is 3.47. The largest absolute Gasteiger partial charge is 0.488 e. The van der Waals surface area contributed by atoms with Crippen molar-refractivity contribution in [3.05, 3.63) is 60.4 Å². The molecule has 2 nitrogen and oxygen atoms in total. The van der Waals surface area contributed by atoms with Crippen molar-refractivity contribution in [2.75, 3.05) is 0 Å². The summed E-state index contributed by atoms with van der Waals surface area (Å²) in [7, 11) is 1.99. The van der Waals surface area contributed by atoms with Gasteiger partial charge in [0, 0.05) is 12.1 Å². The van der Waals surface area contributed by atoms with Crippen LogP contribution in [0.4, 0.5) is 0 Å². The molecule has 0 spiro atoms. The van der Waals surface area contributed by atoms with Gasteiger partial charge in [-0.2, -0.15) is 0 Å². The molecular formula is C13H14NO+. The molecule has 0 unspecified atom stereocenters. The fourth-order valence-corrected chi connectivity index (χ4v) is 1.32. The minimum atomic E-state index is 0.620. The Kier molecular flexibility index (Phi) is 2.98. The summed E-state index contributed by atoms with van der Waals surface area (Å²) >= 11 is 0. The van der Waals surface area contributed by atoms with Crippen LogP contribution in [0.1, 0.15) is 5.56 Å². The summed E-state index contributed by atoms with van der Waals surface area (Å²) in [6.45, 7) is 0.620. The summed E-state index contributed by atoms with van der Waals surface area (Å²) in [5.74, 6) is 0.900. The van der Waals surface area contributed by atoms with Gasteiger partial charge >= 0.3 is 0 Å². The molecule has 0 fully saturated rings. The average Bonchev–Trinajstić information content (AvgIpc) is 2.30. The van der Waals surface area contributed by atoms with Crippen LogP contribution in [0.2, 0.25) is 0 Å². The SMILES string of the molecule is C[n+]1ccc(OCc2ccccc2)cc1. The lowest BCUT2D eigenvalue weighted by molar-refractivity contribution is -0.671. The van der Waals surface area contributed by atoms with Crippen LogP contribution in [-0.2, 0) is 13.7 Å². The zero-order chi connectivity index (χ0) is 10.5. The number of hydrogen-bond acceptors (Lipinski definition) is 1. The van der Waals surface area contributed by atoms with Crippen LogP contribution in [0.15, 0.2) is 54.9 Å². The van der Waals surface area contributed by atoms with E-state index in [4.69, 9.17) is 4.74 Å². The highest BCUT2D eigenvalue weighted by Crippen LogP contribution is 2.09.